The minimum Gasteiger partial charge on any atom is -0.392 e. The van der Waals surface area contributed by atoms with Crippen LogP contribution >= 0.6 is 22.9 Å². The van der Waals surface area contributed by atoms with E-state index in [4.69, 9.17) is 11.6 Å². The van der Waals surface area contributed by atoms with E-state index in [1.165, 1.54) is 49.8 Å². The van der Waals surface area contributed by atoms with Crippen LogP contribution in [0.2, 0.25) is 4.34 Å². The molecule has 17 heavy (non-hydrogen) atoms. The highest BCUT2D eigenvalue weighted by Gasteiger charge is 2.20. The predicted molar refractivity (Wildman–Crippen MR) is 74.8 cm³/mol. The SMILES string of the molecule is OC(Cc1ccc(Cl)s1)C1CCCCCCC1. The maximum absolute atomic E-state index is 10.3. The molecule has 0 bridgehead atoms. The minimum absolute atomic E-state index is 0.178. The van der Waals surface area contributed by atoms with E-state index in [2.05, 4.69) is 0 Å². The molecule has 1 aromatic heterocycles. The average molecular weight is 273 g/mol. The lowest BCUT2D eigenvalue weighted by Gasteiger charge is -2.24. The fourth-order valence-corrected chi connectivity index (χ4v) is 3.84. The predicted octanol–water partition coefficient (Wildman–Crippen LogP) is 4.67. The molecule has 0 aromatic carbocycles. The summed E-state index contributed by atoms with van der Waals surface area (Å²) in [5, 5.41) is 10.3. The van der Waals surface area contributed by atoms with Gasteiger partial charge in [-0.3, -0.25) is 0 Å². The fraction of sp³-hybridized carbons (Fsp3) is 0.714. The second-order valence-corrected chi connectivity index (χ2v) is 6.88. The first-order valence-corrected chi connectivity index (χ1v) is 7.87. The van der Waals surface area contributed by atoms with Gasteiger partial charge in [0.1, 0.15) is 0 Å². The third-order valence-corrected chi connectivity index (χ3v) is 4.99. The van der Waals surface area contributed by atoms with Crippen molar-refractivity contribution in [3.63, 3.8) is 0 Å². The highest BCUT2D eigenvalue weighted by atomic mass is 35.5. The van der Waals surface area contributed by atoms with Crippen LogP contribution in [0, 0.1) is 5.92 Å². The zero-order valence-corrected chi connectivity index (χ0v) is 11.8. The Kier molecular flexibility index (Phi) is 5.33. The van der Waals surface area contributed by atoms with E-state index < -0.39 is 0 Å². The van der Waals surface area contributed by atoms with Gasteiger partial charge in [-0.25, -0.2) is 0 Å². The van der Waals surface area contributed by atoms with Crippen molar-refractivity contribution in [3.8, 4) is 0 Å². The molecule has 0 amide bonds. The molecule has 0 aliphatic heterocycles. The van der Waals surface area contributed by atoms with Crippen molar-refractivity contribution in [2.24, 2.45) is 5.92 Å². The van der Waals surface area contributed by atoms with Gasteiger partial charge >= 0.3 is 0 Å². The van der Waals surface area contributed by atoms with Crippen LogP contribution in [0.25, 0.3) is 0 Å². The number of rotatable bonds is 3. The van der Waals surface area contributed by atoms with Crippen LogP contribution in [-0.2, 0) is 6.42 Å². The van der Waals surface area contributed by atoms with Gasteiger partial charge in [-0.05, 0) is 30.9 Å². The summed E-state index contributed by atoms with van der Waals surface area (Å²) in [6.07, 6.45) is 9.62. The Morgan fingerprint density at radius 3 is 2.41 bits per heavy atom. The number of thiophene rings is 1. The lowest BCUT2D eigenvalue weighted by atomic mass is 9.86. The summed E-state index contributed by atoms with van der Waals surface area (Å²) in [6, 6.07) is 3.96. The summed E-state index contributed by atoms with van der Waals surface area (Å²) in [6.45, 7) is 0. The third kappa shape index (κ3) is 4.27. The molecule has 1 fully saturated rings. The topological polar surface area (TPSA) is 20.2 Å². The molecule has 1 aliphatic rings. The Hall–Kier alpha value is -0.0500. The molecule has 1 aliphatic carbocycles. The van der Waals surface area contributed by atoms with Gasteiger partial charge in [0.25, 0.3) is 0 Å². The Morgan fingerprint density at radius 2 is 1.82 bits per heavy atom. The molecule has 1 aromatic rings. The summed E-state index contributed by atoms with van der Waals surface area (Å²) < 4.78 is 0.824. The van der Waals surface area contributed by atoms with E-state index in [-0.39, 0.29) is 6.10 Å². The number of halogens is 1. The normalized spacial score (nSPS) is 20.8. The first-order chi connectivity index (χ1) is 8.25. The van der Waals surface area contributed by atoms with Gasteiger partial charge in [0.05, 0.1) is 10.4 Å². The van der Waals surface area contributed by atoms with Crippen molar-refractivity contribution in [1.29, 1.82) is 0 Å². The highest BCUT2D eigenvalue weighted by Crippen LogP contribution is 2.29. The molecule has 0 radical (unpaired) electrons. The van der Waals surface area contributed by atoms with Crippen LogP contribution in [-0.4, -0.2) is 11.2 Å². The quantitative estimate of drug-likeness (QED) is 0.848. The number of aliphatic hydroxyl groups excluding tert-OH is 1. The van der Waals surface area contributed by atoms with Gasteiger partial charge < -0.3 is 5.11 Å². The number of hydrogen-bond donors (Lipinski definition) is 1. The maximum atomic E-state index is 10.3. The molecule has 1 saturated carbocycles. The van der Waals surface area contributed by atoms with Crippen LogP contribution < -0.4 is 0 Å². The van der Waals surface area contributed by atoms with Crippen molar-refractivity contribution < 1.29 is 5.11 Å². The van der Waals surface area contributed by atoms with Gasteiger partial charge in [0.2, 0.25) is 0 Å². The Labute approximate surface area is 113 Å². The first-order valence-electron chi connectivity index (χ1n) is 6.68. The molecule has 1 unspecified atom stereocenters. The molecule has 1 nitrogen and oxygen atoms in total. The van der Waals surface area contributed by atoms with E-state index in [0.29, 0.717) is 5.92 Å². The lowest BCUT2D eigenvalue weighted by Crippen LogP contribution is -2.23. The van der Waals surface area contributed by atoms with Crippen molar-refractivity contribution >= 4 is 22.9 Å². The summed E-state index contributed by atoms with van der Waals surface area (Å²) in [5.41, 5.74) is 0. The monoisotopic (exact) mass is 272 g/mol. The molecule has 3 heteroatoms. The van der Waals surface area contributed by atoms with Crippen molar-refractivity contribution in [2.45, 2.75) is 57.5 Å². The standard InChI is InChI=1S/C14H21ClOS/c15-14-9-8-12(17-14)10-13(16)11-6-4-2-1-3-5-7-11/h8-9,11,13,16H,1-7,10H2. The van der Waals surface area contributed by atoms with E-state index in [0.717, 1.165) is 10.8 Å². The van der Waals surface area contributed by atoms with Crippen molar-refractivity contribution in [3.05, 3.63) is 21.3 Å². The van der Waals surface area contributed by atoms with Crippen LogP contribution in [0.4, 0.5) is 0 Å². The van der Waals surface area contributed by atoms with Gasteiger partial charge in [-0.2, -0.15) is 0 Å². The van der Waals surface area contributed by atoms with Crippen molar-refractivity contribution in [1.82, 2.24) is 0 Å². The average Bonchev–Trinajstić information content (AvgIpc) is 2.63. The van der Waals surface area contributed by atoms with E-state index in [9.17, 15) is 5.11 Å². The number of hydrogen-bond acceptors (Lipinski definition) is 2. The van der Waals surface area contributed by atoms with Crippen LogP contribution in [0.1, 0.15) is 49.8 Å². The summed E-state index contributed by atoms with van der Waals surface area (Å²) in [5.74, 6) is 0.496. The summed E-state index contributed by atoms with van der Waals surface area (Å²) in [7, 11) is 0. The highest BCUT2D eigenvalue weighted by molar-refractivity contribution is 7.16. The Bertz CT molecular complexity index is 329. The zero-order chi connectivity index (χ0) is 12.1. The second-order valence-electron chi connectivity index (χ2n) is 5.08. The largest absolute Gasteiger partial charge is 0.392 e. The molecule has 1 N–H and O–H groups in total. The molecule has 0 spiro atoms. The van der Waals surface area contributed by atoms with E-state index >= 15 is 0 Å². The third-order valence-electron chi connectivity index (χ3n) is 3.73. The molecule has 2 rings (SSSR count). The number of aliphatic hydroxyl groups is 1. The van der Waals surface area contributed by atoms with Gasteiger partial charge in [0.15, 0.2) is 0 Å². The van der Waals surface area contributed by atoms with Gasteiger partial charge in [0, 0.05) is 11.3 Å². The molecule has 1 atom stereocenters. The van der Waals surface area contributed by atoms with Crippen LogP contribution in [0.3, 0.4) is 0 Å². The molecule has 0 saturated heterocycles. The van der Waals surface area contributed by atoms with Crippen LogP contribution in [0.5, 0.6) is 0 Å². The van der Waals surface area contributed by atoms with Gasteiger partial charge in [-0.15, -0.1) is 11.3 Å². The summed E-state index contributed by atoms with van der Waals surface area (Å²) in [4.78, 5) is 1.21. The fourth-order valence-electron chi connectivity index (χ4n) is 2.71. The summed E-state index contributed by atoms with van der Waals surface area (Å²) >= 11 is 7.51. The Balaban J connectivity index is 1.86. The first kappa shape index (κ1) is 13.4. The van der Waals surface area contributed by atoms with E-state index in [1.807, 2.05) is 12.1 Å². The molecule has 1 heterocycles. The van der Waals surface area contributed by atoms with Crippen LogP contribution in [0.15, 0.2) is 12.1 Å². The van der Waals surface area contributed by atoms with E-state index in [1.54, 1.807) is 11.3 Å². The molecule has 96 valence electrons. The minimum atomic E-state index is -0.178. The molecular formula is C14H21ClOS. The Morgan fingerprint density at radius 1 is 1.18 bits per heavy atom. The van der Waals surface area contributed by atoms with Crippen molar-refractivity contribution in [2.75, 3.05) is 0 Å². The zero-order valence-electron chi connectivity index (χ0n) is 10.2. The lowest BCUT2D eigenvalue weighted by molar-refractivity contribution is 0.0920. The maximum Gasteiger partial charge on any atom is 0.0931 e. The molecular weight excluding hydrogens is 252 g/mol. The smallest absolute Gasteiger partial charge is 0.0931 e. The second kappa shape index (κ2) is 6.77. The van der Waals surface area contributed by atoms with Gasteiger partial charge in [-0.1, -0.05) is 43.7 Å².